The predicted molar refractivity (Wildman–Crippen MR) is 79.0 cm³/mol. The maximum atomic E-state index is 12.4. The Morgan fingerprint density at radius 3 is 2.86 bits per heavy atom. The second-order valence-corrected chi connectivity index (χ2v) is 5.04. The highest BCUT2D eigenvalue weighted by Crippen LogP contribution is 2.29. The average molecular weight is 281 g/mol. The molecule has 1 aliphatic heterocycles. The normalized spacial score (nSPS) is 13.0. The molecule has 5 nitrogen and oxygen atoms in total. The van der Waals surface area contributed by atoms with Gasteiger partial charge in [0.05, 0.1) is 6.42 Å². The Morgan fingerprint density at radius 1 is 1.29 bits per heavy atom. The van der Waals surface area contributed by atoms with Crippen LogP contribution in [0.4, 0.5) is 5.69 Å². The topological polar surface area (TPSA) is 76.3 Å². The molecule has 0 aliphatic carbocycles. The smallest absolute Gasteiger partial charge is 0.248 e. The number of fused-ring (bicyclic) bond motifs is 1. The van der Waals surface area contributed by atoms with Crippen molar-refractivity contribution in [3.8, 4) is 0 Å². The number of pyridine rings is 1. The van der Waals surface area contributed by atoms with E-state index in [4.69, 9.17) is 5.73 Å². The van der Waals surface area contributed by atoms with E-state index >= 15 is 0 Å². The number of carbonyl (C=O) groups excluding carboxylic acids is 2. The van der Waals surface area contributed by atoms with Crippen molar-refractivity contribution in [3.63, 3.8) is 0 Å². The van der Waals surface area contributed by atoms with Crippen molar-refractivity contribution in [1.82, 2.24) is 4.98 Å². The minimum absolute atomic E-state index is 0.00312. The Bertz CT molecular complexity index is 698. The van der Waals surface area contributed by atoms with E-state index < -0.39 is 5.91 Å². The number of nitrogens with two attached hydrogens (primary N) is 1. The molecule has 0 bridgehead atoms. The fourth-order valence-corrected chi connectivity index (χ4v) is 2.56. The minimum atomic E-state index is -0.482. The van der Waals surface area contributed by atoms with Crippen LogP contribution in [0.3, 0.4) is 0 Å². The Morgan fingerprint density at radius 2 is 2.14 bits per heavy atom. The Hall–Kier alpha value is -2.69. The molecule has 0 fully saturated rings. The van der Waals surface area contributed by atoms with Crippen LogP contribution in [0.15, 0.2) is 42.7 Å². The fraction of sp³-hybridized carbons (Fsp3) is 0.188. The van der Waals surface area contributed by atoms with Crippen LogP contribution in [0.5, 0.6) is 0 Å². The van der Waals surface area contributed by atoms with Gasteiger partial charge >= 0.3 is 0 Å². The quantitative estimate of drug-likeness (QED) is 0.921. The number of rotatable bonds is 3. The fourth-order valence-electron chi connectivity index (χ4n) is 2.56. The second kappa shape index (κ2) is 5.36. The van der Waals surface area contributed by atoms with Gasteiger partial charge in [0, 0.05) is 30.2 Å². The number of carbonyl (C=O) groups is 2. The first-order valence-corrected chi connectivity index (χ1v) is 6.77. The van der Waals surface area contributed by atoms with E-state index in [1.54, 1.807) is 29.4 Å². The van der Waals surface area contributed by atoms with Gasteiger partial charge in [-0.25, -0.2) is 0 Å². The first-order chi connectivity index (χ1) is 10.1. The van der Waals surface area contributed by atoms with Crippen molar-refractivity contribution in [2.75, 3.05) is 11.4 Å². The van der Waals surface area contributed by atoms with Crippen molar-refractivity contribution in [1.29, 1.82) is 0 Å². The van der Waals surface area contributed by atoms with Gasteiger partial charge in [0.2, 0.25) is 11.8 Å². The molecule has 2 amide bonds. The van der Waals surface area contributed by atoms with Gasteiger partial charge in [-0.3, -0.25) is 14.6 Å². The molecule has 0 saturated carbocycles. The Labute approximate surface area is 122 Å². The van der Waals surface area contributed by atoms with Crippen LogP contribution in [0.2, 0.25) is 0 Å². The van der Waals surface area contributed by atoms with Crippen molar-refractivity contribution in [2.24, 2.45) is 5.73 Å². The molecule has 1 aliphatic rings. The molecule has 5 heteroatoms. The lowest BCUT2D eigenvalue weighted by Crippen LogP contribution is -2.30. The Balaban J connectivity index is 1.84. The summed E-state index contributed by atoms with van der Waals surface area (Å²) in [5.74, 6) is -0.479. The summed E-state index contributed by atoms with van der Waals surface area (Å²) in [7, 11) is 0. The number of hydrogen-bond acceptors (Lipinski definition) is 3. The number of primary amides is 1. The molecule has 0 saturated heterocycles. The molecule has 0 spiro atoms. The molecular weight excluding hydrogens is 266 g/mol. The van der Waals surface area contributed by atoms with Crippen LogP contribution in [-0.4, -0.2) is 23.3 Å². The van der Waals surface area contributed by atoms with E-state index in [0.717, 1.165) is 23.2 Å². The summed E-state index contributed by atoms with van der Waals surface area (Å²) >= 11 is 0. The first-order valence-electron chi connectivity index (χ1n) is 6.77. The van der Waals surface area contributed by atoms with Crippen molar-refractivity contribution in [3.05, 3.63) is 59.4 Å². The molecule has 3 rings (SSSR count). The Kier molecular flexibility index (Phi) is 3.39. The SMILES string of the molecule is NC(=O)c1ccc2c(c1)N(C(=O)Cc1cccnc1)CC2. The molecule has 21 heavy (non-hydrogen) atoms. The number of anilines is 1. The number of amides is 2. The molecule has 0 atom stereocenters. The van der Waals surface area contributed by atoms with Crippen molar-refractivity contribution < 1.29 is 9.59 Å². The van der Waals surface area contributed by atoms with E-state index in [1.165, 1.54) is 0 Å². The zero-order chi connectivity index (χ0) is 14.8. The molecule has 2 heterocycles. The summed E-state index contributed by atoms with van der Waals surface area (Å²) in [5, 5.41) is 0. The highest BCUT2D eigenvalue weighted by atomic mass is 16.2. The lowest BCUT2D eigenvalue weighted by Gasteiger charge is -2.17. The highest BCUT2D eigenvalue weighted by Gasteiger charge is 2.25. The maximum Gasteiger partial charge on any atom is 0.248 e. The van der Waals surface area contributed by atoms with E-state index in [0.29, 0.717) is 18.5 Å². The number of nitrogens with zero attached hydrogens (tertiary/aromatic N) is 2. The molecule has 1 aromatic carbocycles. The van der Waals surface area contributed by atoms with Crippen LogP contribution < -0.4 is 10.6 Å². The average Bonchev–Trinajstić information content (AvgIpc) is 2.91. The molecule has 0 radical (unpaired) electrons. The van der Waals surface area contributed by atoms with E-state index in [2.05, 4.69) is 4.98 Å². The van der Waals surface area contributed by atoms with Gasteiger partial charge in [0.15, 0.2) is 0 Å². The van der Waals surface area contributed by atoms with E-state index in [1.807, 2.05) is 18.2 Å². The van der Waals surface area contributed by atoms with Gasteiger partial charge in [-0.15, -0.1) is 0 Å². The largest absolute Gasteiger partial charge is 0.366 e. The standard InChI is InChI=1S/C16H15N3O2/c17-16(21)13-4-3-12-5-7-19(14(12)9-13)15(20)8-11-2-1-6-18-10-11/h1-4,6,9-10H,5,7-8H2,(H2,17,21). The maximum absolute atomic E-state index is 12.4. The van der Waals surface area contributed by atoms with Gasteiger partial charge in [-0.2, -0.15) is 0 Å². The van der Waals surface area contributed by atoms with Gasteiger partial charge in [-0.1, -0.05) is 12.1 Å². The lowest BCUT2D eigenvalue weighted by atomic mass is 10.1. The molecule has 2 aromatic rings. The van der Waals surface area contributed by atoms with Crippen LogP contribution in [-0.2, 0) is 17.6 Å². The predicted octanol–water partition coefficient (Wildman–Crippen LogP) is 1.31. The van der Waals surface area contributed by atoms with Crippen LogP contribution in [0.25, 0.3) is 0 Å². The minimum Gasteiger partial charge on any atom is -0.366 e. The van der Waals surface area contributed by atoms with Gasteiger partial charge < -0.3 is 10.6 Å². The van der Waals surface area contributed by atoms with Gasteiger partial charge in [-0.05, 0) is 35.7 Å². The molecular formula is C16H15N3O2. The summed E-state index contributed by atoms with van der Waals surface area (Å²) in [5.41, 5.74) is 8.47. The van der Waals surface area contributed by atoms with Crippen molar-refractivity contribution in [2.45, 2.75) is 12.8 Å². The van der Waals surface area contributed by atoms with Crippen LogP contribution in [0, 0.1) is 0 Å². The van der Waals surface area contributed by atoms with Gasteiger partial charge in [0.25, 0.3) is 0 Å². The number of benzene rings is 1. The zero-order valence-corrected chi connectivity index (χ0v) is 11.5. The van der Waals surface area contributed by atoms with E-state index in [-0.39, 0.29) is 5.91 Å². The zero-order valence-electron chi connectivity index (χ0n) is 11.5. The molecule has 106 valence electrons. The van der Waals surface area contributed by atoms with E-state index in [9.17, 15) is 9.59 Å². The van der Waals surface area contributed by atoms with Crippen LogP contribution >= 0.6 is 0 Å². The van der Waals surface area contributed by atoms with Gasteiger partial charge in [0.1, 0.15) is 0 Å². The summed E-state index contributed by atoms with van der Waals surface area (Å²) in [6.07, 6.45) is 4.47. The summed E-state index contributed by atoms with van der Waals surface area (Å²) in [6.45, 7) is 0.636. The summed E-state index contributed by atoms with van der Waals surface area (Å²) in [4.78, 5) is 29.5. The third kappa shape index (κ3) is 2.63. The third-order valence-electron chi connectivity index (χ3n) is 3.64. The monoisotopic (exact) mass is 281 g/mol. The highest BCUT2D eigenvalue weighted by molar-refractivity contribution is 5.99. The molecule has 2 N–H and O–H groups in total. The van der Waals surface area contributed by atoms with Crippen molar-refractivity contribution >= 4 is 17.5 Å². The number of aromatic nitrogens is 1. The molecule has 0 unspecified atom stereocenters. The summed E-state index contributed by atoms with van der Waals surface area (Å²) in [6, 6.07) is 8.96. The molecule has 1 aromatic heterocycles. The summed E-state index contributed by atoms with van der Waals surface area (Å²) < 4.78 is 0. The number of hydrogen-bond donors (Lipinski definition) is 1. The first kappa shape index (κ1) is 13.3. The van der Waals surface area contributed by atoms with Crippen LogP contribution in [0.1, 0.15) is 21.5 Å². The third-order valence-corrected chi connectivity index (χ3v) is 3.64. The lowest BCUT2D eigenvalue weighted by molar-refractivity contribution is -0.117. The second-order valence-electron chi connectivity index (χ2n) is 5.04.